The Morgan fingerprint density at radius 2 is 1.66 bits per heavy atom. The van der Waals surface area contributed by atoms with E-state index in [9.17, 15) is 0 Å². The van der Waals surface area contributed by atoms with E-state index >= 15 is 0 Å². The van der Waals surface area contributed by atoms with Gasteiger partial charge in [0.1, 0.15) is 18.1 Å². The Morgan fingerprint density at radius 3 is 2.45 bits per heavy atom. The lowest BCUT2D eigenvalue weighted by atomic mass is 10.1. The maximum absolute atomic E-state index is 5.99. The average molecular weight is 503 g/mol. The number of hydrogen-bond acceptors (Lipinski definition) is 3. The molecular weight excluding hydrogens is 477 g/mol. The van der Waals surface area contributed by atoms with Gasteiger partial charge in [-0.3, -0.25) is 4.99 Å². The molecule has 0 heterocycles. The molecule has 29 heavy (non-hydrogen) atoms. The summed E-state index contributed by atoms with van der Waals surface area (Å²) in [4.78, 5) is 4.40. The van der Waals surface area contributed by atoms with Gasteiger partial charge in [-0.2, -0.15) is 0 Å². The first kappa shape index (κ1) is 22.5. The molecule has 0 aliphatic heterocycles. The van der Waals surface area contributed by atoms with E-state index in [1.807, 2.05) is 60.7 Å². The summed E-state index contributed by atoms with van der Waals surface area (Å²) in [6.07, 6.45) is 0.775. The Hall–Kier alpha value is -2.74. The molecule has 0 radical (unpaired) electrons. The highest BCUT2D eigenvalue weighted by atomic mass is 127. The topological polar surface area (TPSA) is 68.9 Å². The van der Waals surface area contributed by atoms with Crippen LogP contribution in [0.15, 0.2) is 83.9 Å². The van der Waals surface area contributed by atoms with Crippen molar-refractivity contribution in [3.63, 3.8) is 0 Å². The molecule has 0 fully saturated rings. The third-order valence-electron chi connectivity index (χ3n) is 4.20. The zero-order chi connectivity index (χ0) is 19.6. The van der Waals surface area contributed by atoms with Crippen molar-refractivity contribution < 1.29 is 9.47 Å². The van der Waals surface area contributed by atoms with Gasteiger partial charge in [0.25, 0.3) is 0 Å². The molecule has 3 rings (SSSR count). The van der Waals surface area contributed by atoms with Crippen molar-refractivity contribution in [2.75, 3.05) is 19.0 Å². The molecule has 0 saturated heterocycles. The minimum absolute atomic E-state index is 0. The quantitative estimate of drug-likeness (QED) is 0.262. The van der Waals surface area contributed by atoms with Crippen molar-refractivity contribution >= 4 is 35.6 Å². The summed E-state index contributed by atoms with van der Waals surface area (Å²) in [6, 6.07) is 25.8. The van der Waals surface area contributed by atoms with Crippen molar-refractivity contribution in [1.82, 2.24) is 0 Å². The van der Waals surface area contributed by atoms with Crippen LogP contribution in [0.25, 0.3) is 0 Å². The summed E-state index contributed by atoms with van der Waals surface area (Å²) >= 11 is 0. The second kappa shape index (κ2) is 12.0. The number of anilines is 1. The number of benzene rings is 3. The SMILES string of the molecule is COc1ccccc1NC(N)=NCCc1cccc(OCc2ccccc2)c1.I. The number of para-hydroxylation sites is 2. The predicted octanol–water partition coefficient (Wildman–Crippen LogP) is 4.86. The van der Waals surface area contributed by atoms with E-state index in [1.165, 1.54) is 0 Å². The highest BCUT2D eigenvalue weighted by molar-refractivity contribution is 14.0. The van der Waals surface area contributed by atoms with Gasteiger partial charge < -0.3 is 20.5 Å². The Bertz CT molecular complexity index is 917. The first-order valence-corrected chi connectivity index (χ1v) is 9.20. The van der Waals surface area contributed by atoms with Crippen LogP contribution < -0.4 is 20.5 Å². The largest absolute Gasteiger partial charge is 0.495 e. The Kier molecular flexibility index (Phi) is 9.30. The molecule has 0 atom stereocenters. The van der Waals surface area contributed by atoms with Crippen LogP contribution in [0.2, 0.25) is 0 Å². The normalized spacial score (nSPS) is 10.7. The molecule has 6 heteroatoms. The molecule has 0 aliphatic rings. The number of hydrogen-bond donors (Lipinski definition) is 2. The summed E-state index contributed by atoms with van der Waals surface area (Å²) in [5.74, 6) is 1.94. The maximum atomic E-state index is 5.99. The van der Waals surface area contributed by atoms with Crippen molar-refractivity contribution in [2.45, 2.75) is 13.0 Å². The number of halogens is 1. The monoisotopic (exact) mass is 503 g/mol. The molecule has 0 unspecified atom stereocenters. The average Bonchev–Trinajstić information content (AvgIpc) is 2.74. The molecule has 0 bridgehead atoms. The van der Waals surface area contributed by atoms with Crippen LogP contribution in [0.4, 0.5) is 5.69 Å². The van der Waals surface area contributed by atoms with E-state index in [2.05, 4.69) is 28.5 Å². The zero-order valence-corrected chi connectivity index (χ0v) is 18.7. The molecule has 0 saturated carbocycles. The molecule has 5 nitrogen and oxygen atoms in total. The third-order valence-corrected chi connectivity index (χ3v) is 4.20. The van der Waals surface area contributed by atoms with Crippen LogP contribution in [0.1, 0.15) is 11.1 Å². The van der Waals surface area contributed by atoms with E-state index in [4.69, 9.17) is 15.2 Å². The smallest absolute Gasteiger partial charge is 0.193 e. The van der Waals surface area contributed by atoms with Crippen LogP contribution in [-0.4, -0.2) is 19.6 Å². The number of methoxy groups -OCH3 is 1. The summed E-state index contributed by atoms with van der Waals surface area (Å²) in [6.45, 7) is 1.13. The number of guanidine groups is 1. The van der Waals surface area contributed by atoms with Crippen molar-refractivity contribution in [3.05, 3.63) is 90.0 Å². The number of rotatable bonds is 8. The second-order valence-electron chi connectivity index (χ2n) is 6.26. The molecule has 3 aromatic rings. The molecule has 0 aliphatic carbocycles. The summed E-state index contributed by atoms with van der Waals surface area (Å²) in [5.41, 5.74) is 9.09. The lowest BCUT2D eigenvalue weighted by Gasteiger charge is -2.10. The Balaban J connectivity index is 0.00000300. The van der Waals surface area contributed by atoms with E-state index in [1.54, 1.807) is 7.11 Å². The molecular formula is C23H26IN3O2. The second-order valence-corrected chi connectivity index (χ2v) is 6.26. The van der Waals surface area contributed by atoms with Gasteiger partial charge in [-0.1, -0.05) is 54.6 Å². The fourth-order valence-electron chi connectivity index (χ4n) is 2.76. The number of aliphatic imine (C=N–C) groups is 1. The highest BCUT2D eigenvalue weighted by Gasteiger charge is 2.03. The number of ether oxygens (including phenoxy) is 2. The fourth-order valence-corrected chi connectivity index (χ4v) is 2.76. The minimum atomic E-state index is 0. The first-order chi connectivity index (χ1) is 13.7. The third kappa shape index (κ3) is 7.30. The molecule has 152 valence electrons. The van der Waals surface area contributed by atoms with E-state index < -0.39 is 0 Å². The van der Waals surface area contributed by atoms with Gasteiger partial charge in [0.2, 0.25) is 0 Å². The number of nitrogens with zero attached hydrogens (tertiary/aromatic N) is 1. The summed E-state index contributed by atoms with van der Waals surface area (Å²) in [5, 5.41) is 3.08. The van der Waals surface area contributed by atoms with E-state index in [0.29, 0.717) is 19.1 Å². The molecule has 0 aromatic heterocycles. The Morgan fingerprint density at radius 1 is 0.931 bits per heavy atom. The summed E-state index contributed by atoms with van der Waals surface area (Å²) in [7, 11) is 1.63. The lowest BCUT2D eigenvalue weighted by molar-refractivity contribution is 0.306. The van der Waals surface area contributed by atoms with Gasteiger partial charge >= 0.3 is 0 Å². The molecule has 0 spiro atoms. The van der Waals surface area contributed by atoms with Crippen LogP contribution in [0, 0.1) is 0 Å². The van der Waals surface area contributed by atoms with Crippen molar-refractivity contribution in [2.24, 2.45) is 10.7 Å². The van der Waals surface area contributed by atoms with Crippen molar-refractivity contribution in [3.8, 4) is 11.5 Å². The minimum Gasteiger partial charge on any atom is -0.495 e. The standard InChI is InChI=1S/C23H25N3O2.HI/c1-27-22-13-6-5-12-21(22)26-23(24)25-15-14-18-10-7-11-20(16-18)28-17-19-8-3-2-4-9-19;/h2-13,16H,14-15,17H2,1H3,(H3,24,25,26);1H. The summed E-state index contributed by atoms with van der Waals surface area (Å²) < 4.78 is 11.2. The molecule has 3 N–H and O–H groups in total. The van der Waals surface area contributed by atoms with Crippen LogP contribution in [0.5, 0.6) is 11.5 Å². The van der Waals surface area contributed by atoms with Crippen LogP contribution in [0.3, 0.4) is 0 Å². The van der Waals surface area contributed by atoms with Crippen LogP contribution >= 0.6 is 24.0 Å². The zero-order valence-electron chi connectivity index (χ0n) is 16.4. The molecule has 3 aromatic carbocycles. The van der Waals surface area contributed by atoms with Gasteiger partial charge in [-0.25, -0.2) is 0 Å². The van der Waals surface area contributed by atoms with Crippen molar-refractivity contribution in [1.29, 1.82) is 0 Å². The first-order valence-electron chi connectivity index (χ1n) is 9.20. The maximum Gasteiger partial charge on any atom is 0.193 e. The van der Waals surface area contributed by atoms with Crippen LogP contribution in [-0.2, 0) is 13.0 Å². The molecule has 0 amide bonds. The lowest BCUT2D eigenvalue weighted by Crippen LogP contribution is -2.23. The van der Waals surface area contributed by atoms with Gasteiger partial charge in [0.05, 0.1) is 12.8 Å². The Labute approximate surface area is 189 Å². The number of nitrogens with two attached hydrogens (primary N) is 1. The van der Waals surface area contributed by atoms with E-state index in [-0.39, 0.29) is 24.0 Å². The van der Waals surface area contributed by atoms with Gasteiger partial charge in [0, 0.05) is 6.54 Å². The van der Waals surface area contributed by atoms with Gasteiger partial charge in [-0.05, 0) is 41.8 Å². The predicted molar refractivity (Wildman–Crippen MR) is 129 cm³/mol. The highest BCUT2D eigenvalue weighted by Crippen LogP contribution is 2.22. The van der Waals surface area contributed by atoms with Gasteiger partial charge in [0.15, 0.2) is 5.96 Å². The van der Waals surface area contributed by atoms with Gasteiger partial charge in [-0.15, -0.1) is 24.0 Å². The van der Waals surface area contributed by atoms with E-state index in [0.717, 1.165) is 34.7 Å². The fraction of sp³-hybridized carbons (Fsp3) is 0.174. The number of nitrogens with one attached hydrogen (secondary N) is 1.